The van der Waals surface area contributed by atoms with Gasteiger partial charge in [-0.1, -0.05) is 6.07 Å². The lowest BCUT2D eigenvalue weighted by atomic mass is 10.2. The Morgan fingerprint density at radius 3 is 2.83 bits per heavy atom. The second-order valence-corrected chi connectivity index (χ2v) is 5.98. The molecule has 4 rings (SSSR count). The van der Waals surface area contributed by atoms with Gasteiger partial charge in [-0.25, -0.2) is 33.5 Å². The minimum Gasteiger partial charge on any atom is -0.449 e. The quantitative estimate of drug-likeness (QED) is 0.436. The summed E-state index contributed by atoms with van der Waals surface area (Å²) >= 11 is 0. The van der Waals surface area contributed by atoms with Crippen molar-refractivity contribution in [2.75, 3.05) is 5.32 Å². The SMILES string of the molecule is CC(OC(=O)c1cccc2[nH]c(C(F)F)nc12)C(=O)Nc1ncnc2nc[nH]c12. The summed E-state index contributed by atoms with van der Waals surface area (Å²) in [6.45, 7) is 1.37. The zero-order valence-electron chi connectivity index (χ0n) is 14.8. The van der Waals surface area contributed by atoms with Gasteiger partial charge < -0.3 is 20.0 Å². The van der Waals surface area contributed by atoms with Crippen LogP contribution in [0, 0.1) is 0 Å². The van der Waals surface area contributed by atoms with E-state index in [0.29, 0.717) is 11.2 Å². The molecule has 12 heteroatoms. The number of benzene rings is 1. The zero-order chi connectivity index (χ0) is 20.5. The molecule has 4 aromatic rings. The van der Waals surface area contributed by atoms with Crippen molar-refractivity contribution < 1.29 is 23.1 Å². The first-order valence-corrected chi connectivity index (χ1v) is 8.36. The van der Waals surface area contributed by atoms with E-state index in [-0.39, 0.29) is 22.4 Å². The summed E-state index contributed by atoms with van der Waals surface area (Å²) in [6.07, 6.45) is -1.38. The maximum absolute atomic E-state index is 12.9. The topological polar surface area (TPSA) is 139 Å². The highest BCUT2D eigenvalue weighted by Gasteiger charge is 2.23. The first kappa shape index (κ1) is 18.4. The van der Waals surface area contributed by atoms with Crippen LogP contribution >= 0.6 is 0 Å². The lowest BCUT2D eigenvalue weighted by Crippen LogP contribution is -2.30. The molecule has 1 unspecified atom stereocenters. The Morgan fingerprint density at radius 2 is 2.03 bits per heavy atom. The minimum absolute atomic E-state index is 0.0374. The maximum Gasteiger partial charge on any atom is 0.341 e. The van der Waals surface area contributed by atoms with Crippen LogP contribution in [0.4, 0.5) is 14.6 Å². The van der Waals surface area contributed by atoms with E-state index in [0.717, 1.165) is 0 Å². The van der Waals surface area contributed by atoms with Crippen LogP contribution in [-0.4, -0.2) is 47.9 Å². The first-order chi connectivity index (χ1) is 13.9. The highest BCUT2D eigenvalue weighted by atomic mass is 19.3. The smallest absolute Gasteiger partial charge is 0.341 e. The van der Waals surface area contributed by atoms with Crippen molar-refractivity contribution in [1.29, 1.82) is 0 Å². The number of ether oxygens (including phenoxy) is 1. The molecule has 3 aromatic heterocycles. The van der Waals surface area contributed by atoms with Gasteiger partial charge >= 0.3 is 5.97 Å². The van der Waals surface area contributed by atoms with Gasteiger partial charge in [0.2, 0.25) is 0 Å². The van der Waals surface area contributed by atoms with Crippen LogP contribution in [0.5, 0.6) is 0 Å². The number of rotatable bonds is 5. The van der Waals surface area contributed by atoms with Crippen molar-refractivity contribution in [3.05, 3.63) is 42.2 Å². The fourth-order valence-corrected chi connectivity index (χ4v) is 2.67. The lowest BCUT2D eigenvalue weighted by molar-refractivity contribution is -0.123. The van der Waals surface area contributed by atoms with Crippen LogP contribution in [0.3, 0.4) is 0 Å². The second-order valence-electron chi connectivity index (χ2n) is 5.98. The third-order valence-electron chi connectivity index (χ3n) is 4.08. The third kappa shape index (κ3) is 3.47. The number of fused-ring (bicyclic) bond motifs is 2. The monoisotopic (exact) mass is 401 g/mol. The number of carbonyl (C=O) groups excluding carboxylic acids is 2. The van der Waals surface area contributed by atoms with Crippen LogP contribution in [-0.2, 0) is 9.53 Å². The molecule has 1 amide bonds. The van der Waals surface area contributed by atoms with Crippen LogP contribution in [0.25, 0.3) is 22.2 Å². The number of nitrogens with zero attached hydrogens (tertiary/aromatic N) is 4. The summed E-state index contributed by atoms with van der Waals surface area (Å²) in [7, 11) is 0. The number of aromatic amines is 2. The molecule has 0 fully saturated rings. The maximum atomic E-state index is 12.9. The van der Waals surface area contributed by atoms with E-state index in [1.807, 2.05) is 0 Å². The molecular formula is C17H13F2N7O3. The minimum atomic E-state index is -2.82. The normalized spacial score (nSPS) is 12.4. The molecule has 1 aromatic carbocycles. The number of amides is 1. The zero-order valence-corrected chi connectivity index (χ0v) is 14.8. The molecule has 0 saturated carbocycles. The van der Waals surface area contributed by atoms with Gasteiger partial charge in [0.1, 0.15) is 17.4 Å². The molecule has 0 bridgehead atoms. The number of anilines is 1. The fourth-order valence-electron chi connectivity index (χ4n) is 2.67. The third-order valence-corrected chi connectivity index (χ3v) is 4.08. The summed E-state index contributed by atoms with van der Waals surface area (Å²) in [5, 5.41) is 2.52. The van der Waals surface area contributed by atoms with Crippen molar-refractivity contribution >= 4 is 39.9 Å². The Hall–Kier alpha value is -3.96. The first-order valence-electron chi connectivity index (χ1n) is 8.36. The molecule has 0 aliphatic heterocycles. The van der Waals surface area contributed by atoms with Crippen molar-refractivity contribution in [2.24, 2.45) is 0 Å². The summed E-state index contributed by atoms with van der Waals surface area (Å²) in [6, 6.07) is 4.38. The van der Waals surface area contributed by atoms with Crippen molar-refractivity contribution in [3.8, 4) is 0 Å². The number of halogens is 2. The number of esters is 1. The number of carbonyl (C=O) groups is 2. The molecule has 3 heterocycles. The molecule has 0 aliphatic carbocycles. The Morgan fingerprint density at radius 1 is 1.21 bits per heavy atom. The number of aromatic nitrogens is 6. The van der Waals surface area contributed by atoms with E-state index in [1.54, 1.807) is 0 Å². The van der Waals surface area contributed by atoms with Crippen LogP contribution in [0.15, 0.2) is 30.9 Å². The predicted octanol–water partition coefficient (Wildman–Crippen LogP) is 2.35. The van der Waals surface area contributed by atoms with E-state index < -0.39 is 30.2 Å². The molecule has 0 aliphatic rings. The van der Waals surface area contributed by atoms with Gasteiger partial charge in [0.25, 0.3) is 12.3 Å². The van der Waals surface area contributed by atoms with Crippen LogP contribution < -0.4 is 5.32 Å². The molecule has 29 heavy (non-hydrogen) atoms. The highest BCUT2D eigenvalue weighted by molar-refractivity contribution is 6.04. The molecule has 148 valence electrons. The standard InChI is InChI=1S/C17H13F2N7O3/c1-7(16(27)26-14-11-13(21-5-20-11)22-6-23-14)29-17(28)8-3-2-4-9-10(8)25-15(24-9)12(18)19/h2-7,12H,1H3,(H,24,25)(H2,20,21,22,23,26,27). The van der Waals surface area contributed by atoms with Crippen molar-refractivity contribution in [3.63, 3.8) is 0 Å². The average Bonchev–Trinajstić information content (AvgIpc) is 3.34. The number of nitrogens with one attached hydrogen (secondary N) is 3. The Balaban J connectivity index is 1.51. The van der Waals surface area contributed by atoms with Gasteiger partial charge in [0.15, 0.2) is 23.4 Å². The molecule has 3 N–H and O–H groups in total. The molecular weight excluding hydrogens is 388 g/mol. The van der Waals surface area contributed by atoms with Crippen molar-refractivity contribution in [2.45, 2.75) is 19.5 Å². The van der Waals surface area contributed by atoms with E-state index >= 15 is 0 Å². The Labute approximate surface area is 160 Å². The highest BCUT2D eigenvalue weighted by Crippen LogP contribution is 2.23. The van der Waals surface area contributed by atoms with Gasteiger partial charge in [-0.15, -0.1) is 0 Å². The average molecular weight is 401 g/mol. The van der Waals surface area contributed by atoms with E-state index in [4.69, 9.17) is 4.74 Å². The Kier molecular flexibility index (Phi) is 4.58. The number of hydrogen-bond acceptors (Lipinski definition) is 7. The van der Waals surface area contributed by atoms with E-state index in [1.165, 1.54) is 37.8 Å². The number of hydrogen-bond donors (Lipinski definition) is 3. The van der Waals surface area contributed by atoms with Gasteiger partial charge in [-0.2, -0.15) is 0 Å². The number of H-pyrrole nitrogens is 2. The van der Waals surface area contributed by atoms with Crippen molar-refractivity contribution in [1.82, 2.24) is 29.9 Å². The largest absolute Gasteiger partial charge is 0.449 e. The molecule has 0 radical (unpaired) electrons. The summed E-state index contributed by atoms with van der Waals surface area (Å²) in [5.74, 6) is -1.90. The molecule has 10 nitrogen and oxygen atoms in total. The van der Waals surface area contributed by atoms with Gasteiger partial charge in [0, 0.05) is 0 Å². The second kappa shape index (κ2) is 7.22. The molecule has 0 spiro atoms. The van der Waals surface area contributed by atoms with Crippen LogP contribution in [0.2, 0.25) is 0 Å². The van der Waals surface area contributed by atoms with E-state index in [2.05, 4.69) is 35.2 Å². The van der Waals surface area contributed by atoms with Gasteiger partial charge in [0.05, 0.1) is 17.4 Å². The van der Waals surface area contributed by atoms with E-state index in [9.17, 15) is 18.4 Å². The molecule has 0 saturated heterocycles. The predicted molar refractivity (Wildman–Crippen MR) is 96.2 cm³/mol. The van der Waals surface area contributed by atoms with Gasteiger partial charge in [-0.3, -0.25) is 4.79 Å². The fraction of sp³-hybridized carbons (Fsp3) is 0.176. The molecule has 1 atom stereocenters. The number of para-hydroxylation sites is 1. The number of imidazole rings is 2. The summed E-state index contributed by atoms with van der Waals surface area (Å²) < 4.78 is 30.9. The summed E-state index contributed by atoms with van der Waals surface area (Å²) in [5.41, 5.74) is 1.04. The van der Waals surface area contributed by atoms with Crippen LogP contribution in [0.1, 0.15) is 29.5 Å². The lowest BCUT2D eigenvalue weighted by Gasteiger charge is -2.13. The summed E-state index contributed by atoms with van der Waals surface area (Å²) in [4.78, 5) is 45.7. The number of alkyl halides is 2. The van der Waals surface area contributed by atoms with Gasteiger partial charge in [-0.05, 0) is 19.1 Å². The Bertz CT molecular complexity index is 1220.